The molecule has 0 radical (unpaired) electrons. The maximum absolute atomic E-state index is 12.9. The number of imide groups is 1. The van der Waals surface area contributed by atoms with Gasteiger partial charge in [-0.05, 0) is 49.5 Å². The standard InChI is InChI=1S/C21H28N4O4/c26-13-21(6-8-22-9-7-21)12-23-10-14-2-1-3-15-16(14)11-25(20(15)29)17-4-5-18(27)24-19(17)28/h1-3,17,22-23,26H,4-13H2,(H,24,27,28). The molecule has 1 aromatic carbocycles. The van der Waals surface area contributed by atoms with Crippen molar-refractivity contribution < 1.29 is 19.5 Å². The molecule has 0 spiro atoms. The number of nitrogens with one attached hydrogen (secondary N) is 3. The summed E-state index contributed by atoms with van der Waals surface area (Å²) in [4.78, 5) is 38.1. The van der Waals surface area contributed by atoms with E-state index in [0.29, 0.717) is 25.1 Å². The maximum atomic E-state index is 12.9. The molecular weight excluding hydrogens is 372 g/mol. The number of amides is 3. The van der Waals surface area contributed by atoms with E-state index in [1.165, 1.54) is 0 Å². The molecule has 0 saturated carbocycles. The number of piperidine rings is 2. The van der Waals surface area contributed by atoms with Crippen LogP contribution in [0.25, 0.3) is 0 Å². The van der Waals surface area contributed by atoms with Crippen molar-refractivity contribution in [2.45, 2.75) is 44.8 Å². The van der Waals surface area contributed by atoms with Crippen LogP contribution in [0, 0.1) is 5.41 Å². The van der Waals surface area contributed by atoms with Gasteiger partial charge in [0.15, 0.2) is 0 Å². The zero-order chi connectivity index (χ0) is 20.4. The smallest absolute Gasteiger partial charge is 0.255 e. The fraction of sp³-hybridized carbons (Fsp3) is 0.571. The van der Waals surface area contributed by atoms with Crippen molar-refractivity contribution in [2.75, 3.05) is 26.2 Å². The van der Waals surface area contributed by atoms with E-state index in [1.54, 1.807) is 11.0 Å². The second kappa shape index (κ2) is 8.22. The van der Waals surface area contributed by atoms with Crippen molar-refractivity contribution in [3.05, 3.63) is 34.9 Å². The number of carbonyl (C=O) groups excluding carboxylic acids is 3. The lowest BCUT2D eigenvalue weighted by molar-refractivity contribution is -0.136. The van der Waals surface area contributed by atoms with Crippen molar-refractivity contribution in [3.8, 4) is 0 Å². The van der Waals surface area contributed by atoms with E-state index in [-0.39, 0.29) is 30.3 Å². The quantitative estimate of drug-likeness (QED) is 0.497. The molecule has 3 aliphatic heterocycles. The molecule has 3 amide bonds. The van der Waals surface area contributed by atoms with Crippen LogP contribution in [-0.4, -0.2) is 60.0 Å². The lowest BCUT2D eigenvalue weighted by atomic mass is 9.79. The highest BCUT2D eigenvalue weighted by molar-refractivity contribution is 6.05. The predicted octanol–water partition coefficient (Wildman–Crippen LogP) is -0.101. The van der Waals surface area contributed by atoms with E-state index in [9.17, 15) is 19.5 Å². The molecule has 2 saturated heterocycles. The summed E-state index contributed by atoms with van der Waals surface area (Å²) in [5, 5.41) is 19.0. The molecule has 156 valence electrons. The van der Waals surface area contributed by atoms with Crippen LogP contribution in [0.5, 0.6) is 0 Å². The summed E-state index contributed by atoms with van der Waals surface area (Å²) in [6.45, 7) is 3.70. The summed E-state index contributed by atoms with van der Waals surface area (Å²) < 4.78 is 0. The summed E-state index contributed by atoms with van der Waals surface area (Å²) in [5.41, 5.74) is 2.51. The number of carbonyl (C=O) groups is 3. The number of hydrogen-bond acceptors (Lipinski definition) is 6. The van der Waals surface area contributed by atoms with Crippen LogP contribution in [-0.2, 0) is 22.7 Å². The molecule has 8 heteroatoms. The maximum Gasteiger partial charge on any atom is 0.255 e. The molecule has 0 aliphatic carbocycles. The molecule has 4 rings (SSSR count). The average molecular weight is 400 g/mol. The van der Waals surface area contributed by atoms with Crippen molar-refractivity contribution in [1.29, 1.82) is 0 Å². The van der Waals surface area contributed by atoms with Crippen LogP contribution in [0.4, 0.5) is 0 Å². The Morgan fingerprint density at radius 1 is 1.21 bits per heavy atom. The first-order valence-electron chi connectivity index (χ1n) is 10.3. The van der Waals surface area contributed by atoms with Gasteiger partial charge in [-0.2, -0.15) is 0 Å². The minimum Gasteiger partial charge on any atom is -0.396 e. The van der Waals surface area contributed by atoms with Crippen LogP contribution in [0.15, 0.2) is 18.2 Å². The number of fused-ring (bicyclic) bond motifs is 1. The highest BCUT2D eigenvalue weighted by Gasteiger charge is 2.39. The summed E-state index contributed by atoms with van der Waals surface area (Å²) in [5.74, 6) is -0.824. The normalized spacial score (nSPS) is 23.8. The number of rotatable bonds is 6. The van der Waals surface area contributed by atoms with Crippen LogP contribution < -0.4 is 16.0 Å². The molecule has 1 unspecified atom stereocenters. The van der Waals surface area contributed by atoms with E-state index >= 15 is 0 Å². The van der Waals surface area contributed by atoms with E-state index in [1.807, 2.05) is 12.1 Å². The Balaban J connectivity index is 1.44. The van der Waals surface area contributed by atoms with Crippen LogP contribution in [0.2, 0.25) is 0 Å². The van der Waals surface area contributed by atoms with Gasteiger partial charge in [-0.3, -0.25) is 19.7 Å². The molecular formula is C21H28N4O4. The Bertz CT molecular complexity index is 819. The summed E-state index contributed by atoms with van der Waals surface area (Å²) in [6, 6.07) is 5.07. The molecule has 0 aromatic heterocycles. The molecule has 29 heavy (non-hydrogen) atoms. The fourth-order valence-electron chi connectivity index (χ4n) is 4.63. The van der Waals surface area contributed by atoms with Crippen LogP contribution >= 0.6 is 0 Å². The van der Waals surface area contributed by atoms with Gasteiger partial charge in [-0.1, -0.05) is 12.1 Å². The minimum absolute atomic E-state index is 0.0994. The molecule has 3 heterocycles. The minimum atomic E-state index is -0.596. The zero-order valence-corrected chi connectivity index (χ0v) is 16.5. The highest BCUT2D eigenvalue weighted by atomic mass is 16.3. The number of nitrogens with zero attached hydrogens (tertiary/aromatic N) is 1. The Kier molecular flexibility index (Phi) is 5.67. The molecule has 0 bridgehead atoms. The second-order valence-corrected chi connectivity index (χ2v) is 8.35. The number of aliphatic hydroxyl groups is 1. The van der Waals surface area contributed by atoms with Gasteiger partial charge in [0.25, 0.3) is 5.91 Å². The first-order valence-corrected chi connectivity index (χ1v) is 10.3. The highest BCUT2D eigenvalue weighted by Crippen LogP contribution is 2.31. The predicted molar refractivity (Wildman–Crippen MR) is 106 cm³/mol. The number of hydrogen-bond donors (Lipinski definition) is 4. The molecule has 8 nitrogen and oxygen atoms in total. The van der Waals surface area contributed by atoms with E-state index in [2.05, 4.69) is 16.0 Å². The molecule has 2 fully saturated rings. The Morgan fingerprint density at radius 2 is 2.00 bits per heavy atom. The lowest BCUT2D eigenvalue weighted by Crippen LogP contribution is -2.52. The Morgan fingerprint density at radius 3 is 2.72 bits per heavy atom. The lowest BCUT2D eigenvalue weighted by Gasteiger charge is -2.36. The molecule has 1 atom stereocenters. The van der Waals surface area contributed by atoms with Gasteiger partial charge in [0.2, 0.25) is 11.8 Å². The van der Waals surface area contributed by atoms with Gasteiger partial charge in [-0.15, -0.1) is 0 Å². The summed E-state index contributed by atoms with van der Waals surface area (Å²) in [6.07, 6.45) is 2.49. The van der Waals surface area contributed by atoms with Gasteiger partial charge in [0.1, 0.15) is 6.04 Å². The third-order valence-electron chi connectivity index (χ3n) is 6.49. The summed E-state index contributed by atoms with van der Waals surface area (Å²) >= 11 is 0. The Labute approximate surface area is 170 Å². The van der Waals surface area contributed by atoms with E-state index in [0.717, 1.165) is 43.6 Å². The molecule has 1 aromatic rings. The van der Waals surface area contributed by atoms with Crippen molar-refractivity contribution in [1.82, 2.24) is 20.9 Å². The van der Waals surface area contributed by atoms with Crippen LogP contribution in [0.3, 0.4) is 0 Å². The monoisotopic (exact) mass is 400 g/mol. The zero-order valence-electron chi connectivity index (χ0n) is 16.5. The number of aliphatic hydroxyl groups excluding tert-OH is 1. The third-order valence-corrected chi connectivity index (χ3v) is 6.49. The molecule has 3 aliphatic rings. The van der Waals surface area contributed by atoms with Crippen LogP contribution in [0.1, 0.15) is 47.2 Å². The van der Waals surface area contributed by atoms with E-state index < -0.39 is 11.9 Å². The van der Waals surface area contributed by atoms with E-state index in [4.69, 9.17) is 0 Å². The average Bonchev–Trinajstić information content (AvgIpc) is 3.06. The summed E-state index contributed by atoms with van der Waals surface area (Å²) in [7, 11) is 0. The number of benzene rings is 1. The van der Waals surface area contributed by atoms with Crippen molar-refractivity contribution >= 4 is 17.7 Å². The van der Waals surface area contributed by atoms with Gasteiger partial charge < -0.3 is 20.6 Å². The molecule has 4 N–H and O–H groups in total. The van der Waals surface area contributed by atoms with Crippen molar-refractivity contribution in [3.63, 3.8) is 0 Å². The van der Waals surface area contributed by atoms with Gasteiger partial charge in [-0.25, -0.2) is 0 Å². The largest absolute Gasteiger partial charge is 0.396 e. The third kappa shape index (κ3) is 3.92. The SMILES string of the molecule is O=C1CCC(N2Cc3c(CNCC4(CO)CCNCC4)cccc3C2=O)C(=O)N1. The van der Waals surface area contributed by atoms with Gasteiger partial charge in [0.05, 0.1) is 6.61 Å². The second-order valence-electron chi connectivity index (χ2n) is 8.35. The fourth-order valence-corrected chi connectivity index (χ4v) is 4.63. The van der Waals surface area contributed by atoms with Crippen molar-refractivity contribution in [2.24, 2.45) is 5.41 Å². The van der Waals surface area contributed by atoms with Gasteiger partial charge in [0, 0.05) is 37.0 Å². The topological polar surface area (TPSA) is 111 Å². The first-order chi connectivity index (χ1) is 14.0. The van der Waals surface area contributed by atoms with Gasteiger partial charge >= 0.3 is 0 Å². The Hall–Kier alpha value is -2.29. The first kappa shape index (κ1) is 20.0.